The second-order valence-corrected chi connectivity index (χ2v) is 9.42. The first kappa shape index (κ1) is 21.4. The lowest BCUT2D eigenvalue weighted by Gasteiger charge is -2.33. The molecule has 0 bridgehead atoms. The van der Waals surface area contributed by atoms with E-state index in [1.54, 1.807) is 6.20 Å². The number of nitrogens with one attached hydrogen (secondary N) is 1. The molecule has 2 amide bonds. The Labute approximate surface area is 188 Å². The summed E-state index contributed by atoms with van der Waals surface area (Å²) in [6, 6.07) is 4.01. The van der Waals surface area contributed by atoms with E-state index in [4.69, 9.17) is 9.84 Å². The van der Waals surface area contributed by atoms with Crippen LogP contribution in [0.3, 0.4) is 0 Å². The first-order valence-corrected chi connectivity index (χ1v) is 12.2. The average molecular weight is 440 g/mol. The molecule has 1 N–H and O–H groups in total. The van der Waals surface area contributed by atoms with Crippen LogP contribution < -0.4 is 5.32 Å². The number of hydrogen-bond acceptors (Lipinski definition) is 5. The molecule has 2 atom stereocenters. The lowest BCUT2D eigenvalue weighted by Crippen LogP contribution is -2.41. The van der Waals surface area contributed by atoms with Gasteiger partial charge in [0.15, 0.2) is 5.65 Å². The number of rotatable bonds is 7. The molecule has 2 aromatic rings. The Hall–Kier alpha value is -2.48. The summed E-state index contributed by atoms with van der Waals surface area (Å²) in [5.74, 6) is 0.765. The van der Waals surface area contributed by atoms with Gasteiger partial charge >= 0.3 is 0 Å². The van der Waals surface area contributed by atoms with Crippen LogP contribution in [0.4, 0.5) is 0 Å². The van der Waals surface area contributed by atoms with Crippen LogP contribution in [-0.4, -0.2) is 63.8 Å². The monoisotopic (exact) mass is 439 g/mol. The zero-order valence-electron chi connectivity index (χ0n) is 18.7. The van der Waals surface area contributed by atoms with E-state index in [0.29, 0.717) is 26.1 Å². The number of hydrogen-bond donors (Lipinski definition) is 1. The summed E-state index contributed by atoms with van der Waals surface area (Å²) in [5.41, 5.74) is 1.87. The Morgan fingerprint density at radius 2 is 2.06 bits per heavy atom. The normalized spacial score (nSPS) is 23.9. The van der Waals surface area contributed by atoms with Crippen molar-refractivity contribution in [1.82, 2.24) is 25.0 Å². The number of carbonyl (C=O) groups is 2. The van der Waals surface area contributed by atoms with Crippen molar-refractivity contribution in [2.24, 2.45) is 5.92 Å². The summed E-state index contributed by atoms with van der Waals surface area (Å²) >= 11 is 0. The molecule has 2 aliphatic heterocycles. The molecule has 8 heteroatoms. The fraction of sp³-hybridized carbons (Fsp3) is 0.667. The van der Waals surface area contributed by atoms with E-state index in [1.165, 1.54) is 0 Å². The van der Waals surface area contributed by atoms with Crippen LogP contribution in [0.15, 0.2) is 18.3 Å². The second-order valence-electron chi connectivity index (χ2n) is 9.42. The predicted molar refractivity (Wildman–Crippen MR) is 120 cm³/mol. The Morgan fingerprint density at radius 3 is 2.88 bits per heavy atom. The fourth-order valence-corrected chi connectivity index (χ4v) is 4.99. The van der Waals surface area contributed by atoms with Gasteiger partial charge in [0.2, 0.25) is 11.8 Å². The number of fused-ring (bicyclic) bond motifs is 1. The summed E-state index contributed by atoms with van der Waals surface area (Å²) in [7, 11) is 0. The minimum atomic E-state index is 0.0757. The number of likely N-dealkylation sites (tertiary alicyclic amines) is 1. The Morgan fingerprint density at radius 1 is 1.16 bits per heavy atom. The van der Waals surface area contributed by atoms with E-state index >= 15 is 0 Å². The maximum absolute atomic E-state index is 12.9. The van der Waals surface area contributed by atoms with Crippen molar-refractivity contribution in [2.45, 2.75) is 69.9 Å². The first-order chi connectivity index (χ1) is 15.7. The number of nitrogens with zero attached hydrogens (tertiary/aromatic N) is 4. The van der Waals surface area contributed by atoms with Crippen LogP contribution >= 0.6 is 0 Å². The van der Waals surface area contributed by atoms with Crippen LogP contribution in [0.2, 0.25) is 0 Å². The summed E-state index contributed by atoms with van der Waals surface area (Å²) < 4.78 is 7.69. The Bertz CT molecular complexity index is 964. The number of amides is 2. The van der Waals surface area contributed by atoms with E-state index in [1.807, 2.05) is 15.6 Å². The predicted octanol–water partition coefficient (Wildman–Crippen LogP) is 2.62. The van der Waals surface area contributed by atoms with E-state index in [-0.39, 0.29) is 29.8 Å². The molecule has 0 spiro atoms. The standard InChI is InChI=1S/C24H33N5O3/c30-21(15-19-6-1-2-14-32-19)28-12-4-5-18(16-28)22-20-7-3-10-25-23(20)29(27-22)13-11-26-24(31)17-8-9-17/h3,7,10,17-19H,1-2,4-6,8-9,11-16H2,(H,26,31)/t18-,19-/m1/s1. The average Bonchev–Trinajstić information content (AvgIpc) is 3.62. The van der Waals surface area contributed by atoms with Gasteiger partial charge in [-0.15, -0.1) is 0 Å². The molecule has 32 heavy (non-hydrogen) atoms. The van der Waals surface area contributed by atoms with Crippen LogP contribution in [0.5, 0.6) is 0 Å². The van der Waals surface area contributed by atoms with Crippen molar-refractivity contribution in [3.63, 3.8) is 0 Å². The van der Waals surface area contributed by atoms with Crippen molar-refractivity contribution in [1.29, 1.82) is 0 Å². The molecule has 3 fully saturated rings. The van der Waals surface area contributed by atoms with Crippen molar-refractivity contribution >= 4 is 22.8 Å². The van der Waals surface area contributed by atoms with Crippen molar-refractivity contribution in [3.05, 3.63) is 24.0 Å². The molecular weight excluding hydrogens is 406 g/mol. The minimum absolute atomic E-state index is 0.0757. The van der Waals surface area contributed by atoms with Gasteiger partial charge in [-0.25, -0.2) is 9.67 Å². The number of carbonyl (C=O) groups excluding carboxylic acids is 2. The third-order valence-corrected chi connectivity index (χ3v) is 6.94. The molecule has 5 rings (SSSR count). The second kappa shape index (κ2) is 9.57. The van der Waals surface area contributed by atoms with Gasteiger partial charge in [0.1, 0.15) is 0 Å². The van der Waals surface area contributed by atoms with E-state index < -0.39 is 0 Å². The molecular formula is C24H33N5O3. The van der Waals surface area contributed by atoms with Crippen molar-refractivity contribution in [2.75, 3.05) is 26.2 Å². The van der Waals surface area contributed by atoms with Gasteiger partial charge in [-0.3, -0.25) is 9.59 Å². The number of ether oxygens (including phenoxy) is 1. The first-order valence-electron chi connectivity index (χ1n) is 12.2. The molecule has 0 radical (unpaired) electrons. The molecule has 2 aromatic heterocycles. The Balaban J connectivity index is 1.26. The molecule has 172 valence electrons. The fourth-order valence-electron chi connectivity index (χ4n) is 4.99. The number of aromatic nitrogens is 3. The highest BCUT2D eigenvalue weighted by atomic mass is 16.5. The summed E-state index contributed by atoms with van der Waals surface area (Å²) in [6.07, 6.45) is 9.60. The molecule has 1 saturated carbocycles. The van der Waals surface area contributed by atoms with Crippen molar-refractivity contribution < 1.29 is 14.3 Å². The largest absolute Gasteiger partial charge is 0.378 e. The molecule has 2 saturated heterocycles. The van der Waals surface area contributed by atoms with Gasteiger partial charge in [0.05, 0.1) is 24.8 Å². The highest BCUT2D eigenvalue weighted by molar-refractivity contribution is 5.81. The van der Waals surface area contributed by atoms with Gasteiger partial charge < -0.3 is 15.0 Å². The maximum Gasteiger partial charge on any atom is 0.225 e. The molecule has 8 nitrogen and oxygen atoms in total. The van der Waals surface area contributed by atoms with Gasteiger partial charge in [0, 0.05) is 49.7 Å². The molecule has 1 aliphatic carbocycles. The Kier molecular flexibility index (Phi) is 6.39. The zero-order chi connectivity index (χ0) is 21.9. The van der Waals surface area contributed by atoms with Crippen molar-refractivity contribution in [3.8, 4) is 0 Å². The summed E-state index contributed by atoms with van der Waals surface area (Å²) in [6.45, 7) is 3.44. The van der Waals surface area contributed by atoms with Crippen LogP contribution in [0.25, 0.3) is 11.0 Å². The van der Waals surface area contributed by atoms with Crippen LogP contribution in [0, 0.1) is 5.92 Å². The zero-order valence-corrected chi connectivity index (χ0v) is 18.7. The topological polar surface area (TPSA) is 89.4 Å². The van der Waals surface area contributed by atoms with E-state index in [9.17, 15) is 9.59 Å². The van der Waals surface area contributed by atoms with Gasteiger partial charge in [-0.1, -0.05) is 0 Å². The summed E-state index contributed by atoms with van der Waals surface area (Å²) in [5, 5.41) is 8.99. The molecule has 0 aromatic carbocycles. The summed E-state index contributed by atoms with van der Waals surface area (Å²) in [4.78, 5) is 31.5. The maximum atomic E-state index is 12.9. The lowest BCUT2D eigenvalue weighted by atomic mass is 9.92. The molecule has 0 unspecified atom stereocenters. The quantitative estimate of drug-likeness (QED) is 0.716. The van der Waals surface area contributed by atoms with Crippen LogP contribution in [0.1, 0.15) is 63.0 Å². The van der Waals surface area contributed by atoms with Crippen LogP contribution in [-0.2, 0) is 20.9 Å². The van der Waals surface area contributed by atoms with E-state index in [0.717, 1.165) is 74.8 Å². The highest BCUT2D eigenvalue weighted by Gasteiger charge is 2.31. The minimum Gasteiger partial charge on any atom is -0.378 e. The SMILES string of the molecule is O=C(NCCn1nc([C@@H]2CCCN(C(=O)C[C@H]3CCCCO3)C2)c2cccnc21)C1CC1. The lowest BCUT2D eigenvalue weighted by molar-refractivity contribution is -0.136. The van der Waals surface area contributed by atoms with Gasteiger partial charge in [-0.05, 0) is 57.1 Å². The molecule has 3 aliphatic rings. The van der Waals surface area contributed by atoms with Gasteiger partial charge in [0.25, 0.3) is 0 Å². The third-order valence-electron chi connectivity index (χ3n) is 6.94. The smallest absolute Gasteiger partial charge is 0.225 e. The highest BCUT2D eigenvalue weighted by Crippen LogP contribution is 2.32. The number of piperidine rings is 1. The third kappa shape index (κ3) is 4.80. The van der Waals surface area contributed by atoms with E-state index in [2.05, 4.69) is 16.4 Å². The van der Waals surface area contributed by atoms with Gasteiger partial charge in [-0.2, -0.15) is 5.10 Å². The number of pyridine rings is 1. The molecule has 4 heterocycles.